The highest BCUT2D eigenvalue weighted by molar-refractivity contribution is 5.70. The Kier molecular flexibility index (Phi) is 4.46. The lowest BCUT2D eigenvalue weighted by Crippen LogP contribution is -2.34. The molecule has 1 aliphatic carbocycles. The fourth-order valence-corrected chi connectivity index (χ4v) is 3.66. The largest absolute Gasteiger partial charge is 0.391 e. The Morgan fingerprint density at radius 3 is 2.85 bits per heavy atom. The number of aliphatic hydroxyl groups excluding tert-OH is 1. The van der Waals surface area contributed by atoms with E-state index >= 15 is 0 Å². The molecule has 1 aromatic carbocycles. The van der Waals surface area contributed by atoms with Crippen molar-refractivity contribution in [1.82, 2.24) is 0 Å². The molecule has 1 unspecified atom stereocenters. The van der Waals surface area contributed by atoms with Gasteiger partial charge in [0.2, 0.25) is 0 Å². The predicted octanol–water partition coefficient (Wildman–Crippen LogP) is 3.25. The summed E-state index contributed by atoms with van der Waals surface area (Å²) in [5.74, 6) is 0.755. The van der Waals surface area contributed by atoms with Crippen LogP contribution in [0.5, 0.6) is 0 Å². The Bertz CT molecular complexity index is 429. The number of rotatable bonds is 4. The van der Waals surface area contributed by atoms with E-state index in [1.54, 1.807) is 0 Å². The van der Waals surface area contributed by atoms with Crippen molar-refractivity contribution < 1.29 is 5.11 Å². The van der Waals surface area contributed by atoms with Crippen LogP contribution in [0.3, 0.4) is 0 Å². The van der Waals surface area contributed by atoms with Gasteiger partial charge in [-0.3, -0.25) is 0 Å². The van der Waals surface area contributed by atoms with Crippen molar-refractivity contribution in [2.75, 3.05) is 29.9 Å². The highest BCUT2D eigenvalue weighted by Crippen LogP contribution is 2.31. The smallest absolute Gasteiger partial charge is 0.0717 e. The van der Waals surface area contributed by atoms with Crippen LogP contribution in [0.4, 0.5) is 11.4 Å². The molecule has 1 heterocycles. The Morgan fingerprint density at radius 2 is 2.00 bits per heavy atom. The van der Waals surface area contributed by atoms with Crippen molar-refractivity contribution >= 4 is 11.4 Å². The highest BCUT2D eigenvalue weighted by Gasteiger charge is 2.22. The van der Waals surface area contributed by atoms with Gasteiger partial charge in [-0.1, -0.05) is 37.8 Å². The van der Waals surface area contributed by atoms with Crippen LogP contribution in [0.1, 0.15) is 38.5 Å². The van der Waals surface area contributed by atoms with E-state index in [1.165, 1.54) is 37.1 Å². The number of hydrogen-bond donors (Lipinski definition) is 2. The molecule has 0 spiro atoms. The van der Waals surface area contributed by atoms with Crippen molar-refractivity contribution in [3.05, 3.63) is 24.3 Å². The van der Waals surface area contributed by atoms with Gasteiger partial charge in [0.05, 0.1) is 17.5 Å². The standard InChI is InChI=1S/C17H26N2O/c20-15(12-14-6-1-2-7-14)13-19-11-5-10-18-16-8-3-4-9-17(16)19/h3-4,8-9,14-15,18,20H,1-2,5-7,10-13H2. The second kappa shape index (κ2) is 6.49. The molecule has 0 amide bonds. The number of hydrogen-bond acceptors (Lipinski definition) is 3. The lowest BCUT2D eigenvalue weighted by Gasteiger charge is -2.28. The molecule has 1 aromatic rings. The molecule has 0 radical (unpaired) electrons. The van der Waals surface area contributed by atoms with E-state index in [2.05, 4.69) is 34.5 Å². The summed E-state index contributed by atoms with van der Waals surface area (Å²) < 4.78 is 0. The van der Waals surface area contributed by atoms with Gasteiger partial charge in [-0.2, -0.15) is 0 Å². The van der Waals surface area contributed by atoms with Gasteiger partial charge in [0.15, 0.2) is 0 Å². The van der Waals surface area contributed by atoms with Crippen LogP contribution >= 0.6 is 0 Å². The molecular weight excluding hydrogens is 248 g/mol. The van der Waals surface area contributed by atoms with Gasteiger partial charge >= 0.3 is 0 Å². The van der Waals surface area contributed by atoms with Crippen LogP contribution in [0.25, 0.3) is 0 Å². The van der Waals surface area contributed by atoms with Gasteiger partial charge < -0.3 is 15.3 Å². The molecule has 1 saturated carbocycles. The normalized spacial score (nSPS) is 21.1. The molecule has 2 aliphatic rings. The minimum Gasteiger partial charge on any atom is -0.391 e. The van der Waals surface area contributed by atoms with Gasteiger partial charge in [0.25, 0.3) is 0 Å². The van der Waals surface area contributed by atoms with Gasteiger partial charge in [-0.15, -0.1) is 0 Å². The number of para-hydroxylation sites is 2. The topological polar surface area (TPSA) is 35.5 Å². The minimum absolute atomic E-state index is 0.191. The van der Waals surface area contributed by atoms with Gasteiger partial charge in [-0.25, -0.2) is 0 Å². The van der Waals surface area contributed by atoms with Crippen molar-refractivity contribution in [3.63, 3.8) is 0 Å². The first kappa shape index (κ1) is 13.7. The zero-order chi connectivity index (χ0) is 13.8. The molecule has 2 N–H and O–H groups in total. The summed E-state index contributed by atoms with van der Waals surface area (Å²) in [5.41, 5.74) is 2.45. The average molecular weight is 274 g/mol. The van der Waals surface area contributed by atoms with E-state index in [1.807, 2.05) is 0 Å². The van der Waals surface area contributed by atoms with E-state index < -0.39 is 0 Å². The second-order valence-corrected chi connectivity index (χ2v) is 6.28. The van der Waals surface area contributed by atoms with Gasteiger partial charge in [-0.05, 0) is 30.9 Å². The van der Waals surface area contributed by atoms with Crippen LogP contribution < -0.4 is 10.2 Å². The molecule has 3 heteroatoms. The monoisotopic (exact) mass is 274 g/mol. The summed E-state index contributed by atoms with van der Waals surface area (Å²) in [6.45, 7) is 2.83. The summed E-state index contributed by atoms with van der Waals surface area (Å²) >= 11 is 0. The van der Waals surface area contributed by atoms with E-state index in [0.717, 1.165) is 38.4 Å². The summed E-state index contributed by atoms with van der Waals surface area (Å²) in [7, 11) is 0. The summed E-state index contributed by atoms with van der Waals surface area (Å²) in [6, 6.07) is 8.46. The maximum atomic E-state index is 10.4. The molecule has 0 bridgehead atoms. The summed E-state index contributed by atoms with van der Waals surface area (Å²) in [6.07, 6.45) is 7.26. The number of nitrogens with zero attached hydrogens (tertiary/aromatic N) is 1. The maximum absolute atomic E-state index is 10.4. The molecule has 0 saturated heterocycles. The Balaban J connectivity index is 1.63. The average Bonchev–Trinajstić information content (AvgIpc) is 2.87. The van der Waals surface area contributed by atoms with Crippen molar-refractivity contribution in [2.45, 2.75) is 44.6 Å². The molecule has 1 atom stereocenters. The van der Waals surface area contributed by atoms with Crippen molar-refractivity contribution in [1.29, 1.82) is 0 Å². The fraction of sp³-hybridized carbons (Fsp3) is 0.647. The number of aliphatic hydroxyl groups is 1. The first-order valence-corrected chi connectivity index (χ1v) is 8.09. The van der Waals surface area contributed by atoms with Crippen molar-refractivity contribution in [3.8, 4) is 0 Å². The predicted molar refractivity (Wildman–Crippen MR) is 84.3 cm³/mol. The third-order valence-electron chi connectivity index (χ3n) is 4.68. The van der Waals surface area contributed by atoms with Crippen molar-refractivity contribution in [2.24, 2.45) is 5.92 Å². The molecule has 0 aromatic heterocycles. The Labute approximate surface area is 122 Å². The SMILES string of the molecule is OC(CC1CCCC1)CN1CCCNc2ccccc21. The maximum Gasteiger partial charge on any atom is 0.0717 e. The van der Waals surface area contributed by atoms with Crippen LogP contribution in [0.15, 0.2) is 24.3 Å². The van der Waals surface area contributed by atoms with E-state index in [9.17, 15) is 5.11 Å². The van der Waals surface area contributed by atoms with Crippen LogP contribution in [0, 0.1) is 5.92 Å². The first-order valence-electron chi connectivity index (χ1n) is 8.09. The fourth-order valence-electron chi connectivity index (χ4n) is 3.66. The molecular formula is C17H26N2O. The second-order valence-electron chi connectivity index (χ2n) is 6.28. The molecule has 3 rings (SSSR count). The number of benzene rings is 1. The third-order valence-corrected chi connectivity index (χ3v) is 4.68. The van der Waals surface area contributed by atoms with Crippen LogP contribution in [-0.2, 0) is 0 Å². The van der Waals surface area contributed by atoms with Crippen LogP contribution in [-0.4, -0.2) is 30.8 Å². The number of β-amino-alcohol motifs (C(OH)–C–C–N with tert-alkyl or cyclic N) is 1. The quantitative estimate of drug-likeness (QED) is 0.884. The third kappa shape index (κ3) is 3.26. The first-order chi connectivity index (χ1) is 9.83. The van der Waals surface area contributed by atoms with Gasteiger partial charge in [0.1, 0.15) is 0 Å². The molecule has 1 fully saturated rings. The zero-order valence-corrected chi connectivity index (χ0v) is 12.2. The summed E-state index contributed by atoms with van der Waals surface area (Å²) in [5, 5.41) is 13.9. The molecule has 110 valence electrons. The molecule has 3 nitrogen and oxygen atoms in total. The number of anilines is 2. The number of nitrogens with one attached hydrogen (secondary N) is 1. The van der Waals surface area contributed by atoms with Crippen LogP contribution in [0.2, 0.25) is 0 Å². The summed E-state index contributed by atoms with van der Waals surface area (Å²) in [4.78, 5) is 2.36. The lowest BCUT2D eigenvalue weighted by atomic mass is 9.99. The Morgan fingerprint density at radius 1 is 1.20 bits per heavy atom. The van der Waals surface area contributed by atoms with E-state index in [0.29, 0.717) is 0 Å². The minimum atomic E-state index is -0.191. The lowest BCUT2D eigenvalue weighted by molar-refractivity contribution is 0.148. The molecule has 20 heavy (non-hydrogen) atoms. The van der Waals surface area contributed by atoms with Gasteiger partial charge in [0, 0.05) is 19.6 Å². The van der Waals surface area contributed by atoms with E-state index in [4.69, 9.17) is 0 Å². The Hall–Kier alpha value is -1.22. The van der Waals surface area contributed by atoms with E-state index in [-0.39, 0.29) is 6.10 Å². The molecule has 1 aliphatic heterocycles. The number of fused-ring (bicyclic) bond motifs is 1. The zero-order valence-electron chi connectivity index (χ0n) is 12.2. The highest BCUT2D eigenvalue weighted by atomic mass is 16.3.